The molecule has 2 atom stereocenters. The molecule has 520 valence electrons. The normalized spacial score (nSPS) is 13.2. The molecule has 0 bridgehead atoms. The van der Waals surface area contributed by atoms with E-state index >= 15 is 0 Å². The molecule has 0 aliphatic rings. The Morgan fingerprint density at radius 1 is 0.352 bits per heavy atom. The molecule has 0 aliphatic carbocycles. The number of esters is 2. The van der Waals surface area contributed by atoms with Crippen molar-refractivity contribution in [2.24, 2.45) is 0 Å². The fraction of sp³-hybridized carbons (Fsp3) is 0.897. The fourth-order valence-electron chi connectivity index (χ4n) is 11.7. The van der Waals surface area contributed by atoms with Crippen LogP contribution in [-0.2, 0) is 32.7 Å². The van der Waals surface area contributed by atoms with Crippen LogP contribution in [-0.4, -0.2) is 74.9 Å². The highest BCUT2D eigenvalue weighted by molar-refractivity contribution is 7.47. The largest absolute Gasteiger partial charge is 0.472 e. The SMILES string of the molecule is CCCCCCC/C=C\C/C=C\C/C=C\CCCCCCCCCCCCCCCCC(=O)OC(COC(=O)CCCCCCCCCCCCCCCCCCCCCCCCCCCCCCCCCCCCC)COP(=O)(O)OCC[N+](C)(C)C. The number of phosphoric acid groups is 1. The van der Waals surface area contributed by atoms with Gasteiger partial charge in [0.15, 0.2) is 6.10 Å². The highest BCUT2D eigenvalue weighted by atomic mass is 31.2. The predicted octanol–water partition coefficient (Wildman–Crippen LogP) is 25.4. The van der Waals surface area contributed by atoms with E-state index in [0.29, 0.717) is 23.9 Å². The third-order valence-corrected chi connectivity index (χ3v) is 18.7. The van der Waals surface area contributed by atoms with Crippen molar-refractivity contribution in [2.45, 2.75) is 405 Å². The summed E-state index contributed by atoms with van der Waals surface area (Å²) in [6.07, 6.45) is 90.0. The molecule has 2 unspecified atom stereocenters. The van der Waals surface area contributed by atoms with Crippen LogP contribution in [0.4, 0.5) is 0 Å². The van der Waals surface area contributed by atoms with Gasteiger partial charge in [-0.15, -0.1) is 0 Å². The number of nitrogens with zero attached hydrogens (tertiary/aromatic N) is 1. The third kappa shape index (κ3) is 73.3. The van der Waals surface area contributed by atoms with Gasteiger partial charge >= 0.3 is 19.8 Å². The van der Waals surface area contributed by atoms with Crippen LogP contribution < -0.4 is 0 Å². The second kappa shape index (κ2) is 69.6. The maximum Gasteiger partial charge on any atom is 0.472 e. The molecule has 0 aromatic heterocycles. The van der Waals surface area contributed by atoms with E-state index in [1.165, 1.54) is 321 Å². The standard InChI is InChI=1S/C78H150NO8P/c1-6-8-10-12-14-16-18-20-22-24-26-28-30-32-34-36-37-38-39-40-41-43-44-46-48-50-52-54-56-58-60-62-64-66-68-70-77(80)84-74-76(75-86-88(82,83)85-73-72-79(3,4)5)87-78(81)71-69-67-65-63-61-59-57-55-53-51-49-47-45-42-35-33-31-29-27-25-23-21-19-17-15-13-11-9-7-2/h19,21,25,27,31,33,76H,6-18,20,22-24,26,28-30,32,34-75H2,1-5H3/p+1/b21-19-,27-25-,33-31-. The van der Waals surface area contributed by atoms with Gasteiger partial charge in [-0.2, -0.15) is 0 Å². The number of phosphoric ester groups is 1. The van der Waals surface area contributed by atoms with Crippen LogP contribution in [0.3, 0.4) is 0 Å². The molecule has 0 spiro atoms. The Hall–Kier alpha value is -1.77. The first kappa shape index (κ1) is 86.2. The molecular formula is C78H151NO8P+. The first-order valence-electron chi connectivity index (χ1n) is 38.7. The molecule has 0 aromatic carbocycles. The number of carbonyl (C=O) groups is 2. The monoisotopic (exact) mass is 1260 g/mol. The molecule has 0 radical (unpaired) electrons. The van der Waals surface area contributed by atoms with E-state index in [9.17, 15) is 19.0 Å². The lowest BCUT2D eigenvalue weighted by Crippen LogP contribution is -2.37. The minimum atomic E-state index is -4.39. The molecule has 0 aromatic rings. The summed E-state index contributed by atoms with van der Waals surface area (Å²) in [4.78, 5) is 35.9. The fourth-order valence-corrected chi connectivity index (χ4v) is 12.5. The molecule has 10 heteroatoms. The van der Waals surface area contributed by atoms with Crippen molar-refractivity contribution < 1.29 is 42.1 Å². The average Bonchev–Trinajstić information content (AvgIpc) is 3.68. The summed E-state index contributed by atoms with van der Waals surface area (Å²) in [7, 11) is 1.50. The number of quaternary nitrogens is 1. The molecule has 1 N–H and O–H groups in total. The van der Waals surface area contributed by atoms with Gasteiger partial charge < -0.3 is 18.9 Å². The van der Waals surface area contributed by atoms with Crippen molar-refractivity contribution in [3.05, 3.63) is 36.5 Å². The minimum absolute atomic E-state index is 0.0341. The van der Waals surface area contributed by atoms with Crippen LogP contribution in [0.25, 0.3) is 0 Å². The first-order valence-corrected chi connectivity index (χ1v) is 40.2. The van der Waals surface area contributed by atoms with Crippen molar-refractivity contribution in [3.63, 3.8) is 0 Å². The van der Waals surface area contributed by atoms with E-state index < -0.39 is 26.5 Å². The Bertz CT molecular complexity index is 1580. The highest BCUT2D eigenvalue weighted by Gasteiger charge is 2.27. The van der Waals surface area contributed by atoms with Gasteiger partial charge in [0.05, 0.1) is 27.7 Å². The van der Waals surface area contributed by atoms with Crippen molar-refractivity contribution in [2.75, 3.05) is 47.5 Å². The zero-order valence-electron chi connectivity index (χ0n) is 59.5. The number of allylic oxidation sites excluding steroid dienone is 6. The molecule has 88 heavy (non-hydrogen) atoms. The van der Waals surface area contributed by atoms with Crippen LogP contribution in [0.2, 0.25) is 0 Å². The second-order valence-corrected chi connectivity index (χ2v) is 29.2. The van der Waals surface area contributed by atoms with Gasteiger partial charge in [-0.3, -0.25) is 18.6 Å². The molecule has 0 fully saturated rings. The highest BCUT2D eigenvalue weighted by Crippen LogP contribution is 2.43. The van der Waals surface area contributed by atoms with Gasteiger partial charge in [-0.25, -0.2) is 4.57 Å². The molecule has 0 saturated heterocycles. The maximum atomic E-state index is 12.9. The first-order chi connectivity index (χ1) is 43.0. The summed E-state index contributed by atoms with van der Waals surface area (Å²) >= 11 is 0. The number of rotatable bonds is 73. The van der Waals surface area contributed by atoms with Gasteiger partial charge in [0.1, 0.15) is 19.8 Å². The van der Waals surface area contributed by atoms with Crippen LogP contribution in [0, 0.1) is 0 Å². The summed E-state index contributed by atoms with van der Waals surface area (Å²) in [6.45, 7) is 4.50. The Kier molecular flexibility index (Phi) is 68.2. The van der Waals surface area contributed by atoms with Crippen LogP contribution in [0.5, 0.6) is 0 Å². The molecule has 0 saturated carbocycles. The van der Waals surface area contributed by atoms with E-state index in [0.717, 1.165) is 44.9 Å². The average molecular weight is 1260 g/mol. The lowest BCUT2D eigenvalue weighted by molar-refractivity contribution is -0.870. The third-order valence-electron chi connectivity index (χ3n) is 17.7. The van der Waals surface area contributed by atoms with E-state index in [2.05, 4.69) is 50.3 Å². The summed E-state index contributed by atoms with van der Waals surface area (Å²) in [6, 6.07) is 0. The Morgan fingerprint density at radius 2 is 0.614 bits per heavy atom. The lowest BCUT2D eigenvalue weighted by Gasteiger charge is -2.24. The second-order valence-electron chi connectivity index (χ2n) is 27.8. The summed E-state index contributed by atoms with van der Waals surface area (Å²) < 4.78 is 34.8. The molecule has 0 amide bonds. The number of carbonyl (C=O) groups excluding carboxylic acids is 2. The number of ether oxygens (including phenoxy) is 2. The zero-order valence-corrected chi connectivity index (χ0v) is 60.4. The van der Waals surface area contributed by atoms with E-state index in [1.54, 1.807) is 0 Å². The number of likely N-dealkylation sites (N-methyl/N-ethyl adjacent to an activating group) is 1. The van der Waals surface area contributed by atoms with Crippen molar-refractivity contribution >= 4 is 19.8 Å². The smallest absolute Gasteiger partial charge is 0.462 e. The van der Waals surface area contributed by atoms with Crippen molar-refractivity contribution in [1.82, 2.24) is 0 Å². The Morgan fingerprint density at radius 3 is 0.909 bits per heavy atom. The minimum Gasteiger partial charge on any atom is -0.462 e. The van der Waals surface area contributed by atoms with Gasteiger partial charge in [-0.05, 0) is 51.4 Å². The number of hydrogen-bond acceptors (Lipinski definition) is 7. The molecule has 0 rings (SSSR count). The molecule has 0 aliphatic heterocycles. The van der Waals surface area contributed by atoms with Crippen LogP contribution in [0.15, 0.2) is 36.5 Å². The molecule has 9 nitrogen and oxygen atoms in total. The van der Waals surface area contributed by atoms with Crippen molar-refractivity contribution in [3.8, 4) is 0 Å². The molecular weight excluding hydrogens is 1110 g/mol. The number of unbranched alkanes of at least 4 members (excludes halogenated alkanes) is 53. The van der Waals surface area contributed by atoms with Gasteiger partial charge in [-0.1, -0.05) is 371 Å². The Balaban J connectivity index is 3.93. The van der Waals surface area contributed by atoms with Crippen LogP contribution >= 0.6 is 7.82 Å². The van der Waals surface area contributed by atoms with Gasteiger partial charge in [0.25, 0.3) is 0 Å². The summed E-state index contributed by atoms with van der Waals surface area (Å²) in [5, 5.41) is 0. The quantitative estimate of drug-likeness (QED) is 0.0211. The topological polar surface area (TPSA) is 108 Å². The summed E-state index contributed by atoms with van der Waals surface area (Å²) in [5.74, 6) is -0.776. The Labute approximate surface area is 548 Å². The lowest BCUT2D eigenvalue weighted by atomic mass is 10.0. The number of hydrogen-bond donors (Lipinski definition) is 1. The van der Waals surface area contributed by atoms with Crippen LogP contribution in [0.1, 0.15) is 399 Å². The van der Waals surface area contributed by atoms with E-state index in [4.69, 9.17) is 18.5 Å². The maximum absolute atomic E-state index is 12.9. The van der Waals surface area contributed by atoms with E-state index in [-0.39, 0.29) is 25.6 Å². The van der Waals surface area contributed by atoms with Gasteiger partial charge in [0, 0.05) is 12.8 Å². The zero-order chi connectivity index (χ0) is 64.1. The predicted molar refractivity (Wildman–Crippen MR) is 381 cm³/mol. The van der Waals surface area contributed by atoms with Crippen molar-refractivity contribution in [1.29, 1.82) is 0 Å². The molecule has 0 heterocycles. The van der Waals surface area contributed by atoms with Gasteiger partial charge in [0.2, 0.25) is 0 Å². The van der Waals surface area contributed by atoms with E-state index in [1.807, 2.05) is 21.1 Å². The summed E-state index contributed by atoms with van der Waals surface area (Å²) in [5.41, 5.74) is 0.